The Morgan fingerprint density at radius 3 is 2.57 bits per heavy atom. The summed E-state index contributed by atoms with van der Waals surface area (Å²) in [6.07, 6.45) is 0. The van der Waals surface area contributed by atoms with Crippen molar-refractivity contribution in [3.8, 4) is 0 Å². The molecule has 0 spiro atoms. The molecule has 0 bridgehead atoms. The third kappa shape index (κ3) is 1.96. The fourth-order valence-corrected chi connectivity index (χ4v) is 1.73. The van der Waals surface area contributed by atoms with Crippen molar-refractivity contribution in [1.29, 1.82) is 0 Å². The Morgan fingerprint density at radius 1 is 1.50 bits per heavy atom. The van der Waals surface area contributed by atoms with E-state index in [4.69, 9.17) is 10.5 Å². The number of nitrogens with two attached hydrogens (primary N) is 1. The zero-order valence-electron chi connectivity index (χ0n) is 9.37. The maximum atomic E-state index is 5.65. The number of hydrogen-bond donors (Lipinski definition) is 1. The van der Waals surface area contributed by atoms with Crippen molar-refractivity contribution < 1.29 is 4.74 Å². The van der Waals surface area contributed by atoms with Crippen molar-refractivity contribution in [2.45, 2.75) is 33.4 Å². The number of nitrogens with zero attached hydrogens (tertiary/aromatic N) is 2. The maximum Gasteiger partial charge on any atom is 0.0727 e. The highest BCUT2D eigenvalue weighted by atomic mass is 16.5. The molecule has 0 saturated carbocycles. The second-order valence-corrected chi connectivity index (χ2v) is 3.60. The fourth-order valence-electron chi connectivity index (χ4n) is 1.73. The number of aromatic nitrogens is 2. The molecule has 1 rings (SSSR count). The molecule has 1 heterocycles. The first kappa shape index (κ1) is 11.2. The van der Waals surface area contributed by atoms with Gasteiger partial charge in [0.2, 0.25) is 0 Å². The Balaban J connectivity index is 2.98. The van der Waals surface area contributed by atoms with Crippen molar-refractivity contribution >= 4 is 0 Å². The lowest BCUT2D eigenvalue weighted by Crippen LogP contribution is -2.14. The highest BCUT2D eigenvalue weighted by Crippen LogP contribution is 2.16. The van der Waals surface area contributed by atoms with Crippen LogP contribution in [0.1, 0.15) is 29.9 Å². The summed E-state index contributed by atoms with van der Waals surface area (Å²) in [5.41, 5.74) is 8.97. The molecule has 1 aromatic rings. The summed E-state index contributed by atoms with van der Waals surface area (Å²) >= 11 is 0. The van der Waals surface area contributed by atoms with Gasteiger partial charge >= 0.3 is 0 Å². The molecule has 4 nitrogen and oxygen atoms in total. The van der Waals surface area contributed by atoms with Crippen LogP contribution in [0.15, 0.2) is 0 Å². The van der Waals surface area contributed by atoms with Gasteiger partial charge in [0.15, 0.2) is 0 Å². The van der Waals surface area contributed by atoms with Crippen molar-refractivity contribution in [2.75, 3.05) is 13.7 Å². The number of ether oxygens (including phenoxy) is 1. The molecule has 4 heteroatoms. The van der Waals surface area contributed by atoms with E-state index >= 15 is 0 Å². The fraction of sp³-hybridized carbons (Fsp3) is 0.700. The molecule has 0 saturated heterocycles. The Labute approximate surface area is 85.0 Å². The van der Waals surface area contributed by atoms with Crippen LogP contribution in [-0.4, -0.2) is 23.5 Å². The average molecular weight is 197 g/mol. The number of hydrogen-bond acceptors (Lipinski definition) is 3. The van der Waals surface area contributed by atoms with E-state index < -0.39 is 0 Å². The SMILES string of the molecule is COCC(C)n1nc(C)c(CN)c1C. The predicted molar refractivity (Wildman–Crippen MR) is 56.2 cm³/mol. The molecule has 0 aliphatic carbocycles. The summed E-state index contributed by atoms with van der Waals surface area (Å²) in [5.74, 6) is 0. The molecule has 0 aliphatic heterocycles. The van der Waals surface area contributed by atoms with Crippen LogP contribution in [-0.2, 0) is 11.3 Å². The molecule has 0 aromatic carbocycles. The summed E-state index contributed by atoms with van der Waals surface area (Å²) in [4.78, 5) is 0. The van der Waals surface area contributed by atoms with E-state index in [0.717, 1.165) is 17.0 Å². The van der Waals surface area contributed by atoms with E-state index in [9.17, 15) is 0 Å². The largest absolute Gasteiger partial charge is 0.382 e. The lowest BCUT2D eigenvalue weighted by molar-refractivity contribution is 0.156. The monoisotopic (exact) mass is 197 g/mol. The van der Waals surface area contributed by atoms with E-state index in [-0.39, 0.29) is 6.04 Å². The van der Waals surface area contributed by atoms with E-state index in [2.05, 4.69) is 12.0 Å². The molecule has 2 N–H and O–H groups in total. The second-order valence-electron chi connectivity index (χ2n) is 3.60. The van der Waals surface area contributed by atoms with Gasteiger partial charge in [0.25, 0.3) is 0 Å². The lowest BCUT2D eigenvalue weighted by atomic mass is 10.2. The number of methoxy groups -OCH3 is 1. The first-order valence-electron chi connectivity index (χ1n) is 4.85. The van der Waals surface area contributed by atoms with Crippen LogP contribution < -0.4 is 5.73 Å². The minimum absolute atomic E-state index is 0.263. The zero-order valence-corrected chi connectivity index (χ0v) is 9.37. The normalized spacial score (nSPS) is 13.2. The third-order valence-corrected chi connectivity index (χ3v) is 2.50. The first-order valence-corrected chi connectivity index (χ1v) is 4.85. The van der Waals surface area contributed by atoms with Crippen LogP contribution in [0.2, 0.25) is 0 Å². The molecule has 80 valence electrons. The molecular formula is C10H19N3O. The standard InChI is InChI=1S/C10H19N3O/c1-7(6-14-4)13-9(3)10(5-11)8(2)12-13/h7H,5-6,11H2,1-4H3. The lowest BCUT2D eigenvalue weighted by Gasteiger charge is -2.13. The molecule has 1 aromatic heterocycles. The van der Waals surface area contributed by atoms with Crippen LogP contribution in [0.5, 0.6) is 0 Å². The molecule has 0 amide bonds. The molecular weight excluding hydrogens is 178 g/mol. The van der Waals surface area contributed by atoms with Gasteiger partial charge in [0.1, 0.15) is 0 Å². The minimum atomic E-state index is 0.263. The van der Waals surface area contributed by atoms with Crippen molar-refractivity contribution in [3.63, 3.8) is 0 Å². The predicted octanol–water partition coefficient (Wildman–Crippen LogP) is 1.17. The van der Waals surface area contributed by atoms with E-state index in [1.54, 1.807) is 7.11 Å². The van der Waals surface area contributed by atoms with Gasteiger partial charge in [0, 0.05) is 24.9 Å². The Hall–Kier alpha value is -0.870. The highest BCUT2D eigenvalue weighted by molar-refractivity contribution is 5.24. The van der Waals surface area contributed by atoms with Crippen molar-refractivity contribution in [3.05, 3.63) is 17.0 Å². The van der Waals surface area contributed by atoms with E-state index in [1.807, 2.05) is 18.5 Å². The van der Waals surface area contributed by atoms with Crippen molar-refractivity contribution in [1.82, 2.24) is 9.78 Å². The third-order valence-electron chi connectivity index (χ3n) is 2.50. The smallest absolute Gasteiger partial charge is 0.0727 e. The van der Waals surface area contributed by atoms with Gasteiger partial charge in [-0.15, -0.1) is 0 Å². The van der Waals surface area contributed by atoms with Gasteiger partial charge in [-0.05, 0) is 20.8 Å². The van der Waals surface area contributed by atoms with Gasteiger partial charge in [0.05, 0.1) is 18.3 Å². The Bertz CT molecular complexity index is 307. The molecule has 14 heavy (non-hydrogen) atoms. The van der Waals surface area contributed by atoms with Gasteiger partial charge < -0.3 is 10.5 Å². The van der Waals surface area contributed by atoms with Gasteiger partial charge in [-0.2, -0.15) is 5.10 Å². The summed E-state index contributed by atoms with van der Waals surface area (Å²) in [6, 6.07) is 0.263. The second kappa shape index (κ2) is 4.57. The topological polar surface area (TPSA) is 53.1 Å². The molecule has 0 fully saturated rings. The first-order chi connectivity index (χ1) is 6.61. The molecule has 1 unspecified atom stereocenters. The van der Waals surface area contributed by atoms with Crippen LogP contribution in [0.4, 0.5) is 0 Å². The summed E-state index contributed by atoms with van der Waals surface area (Å²) in [7, 11) is 1.70. The molecule has 1 atom stereocenters. The van der Waals surface area contributed by atoms with Crippen LogP contribution in [0.25, 0.3) is 0 Å². The zero-order chi connectivity index (χ0) is 10.7. The van der Waals surface area contributed by atoms with Crippen LogP contribution in [0, 0.1) is 13.8 Å². The van der Waals surface area contributed by atoms with Crippen LogP contribution in [0.3, 0.4) is 0 Å². The summed E-state index contributed by atoms with van der Waals surface area (Å²) < 4.78 is 7.09. The van der Waals surface area contributed by atoms with Crippen molar-refractivity contribution in [2.24, 2.45) is 5.73 Å². The number of rotatable bonds is 4. The quantitative estimate of drug-likeness (QED) is 0.788. The summed E-state index contributed by atoms with van der Waals surface area (Å²) in [5, 5.41) is 4.46. The maximum absolute atomic E-state index is 5.65. The van der Waals surface area contributed by atoms with Gasteiger partial charge in [-0.1, -0.05) is 0 Å². The highest BCUT2D eigenvalue weighted by Gasteiger charge is 2.13. The number of aryl methyl sites for hydroxylation is 1. The van der Waals surface area contributed by atoms with E-state index in [0.29, 0.717) is 13.2 Å². The van der Waals surface area contributed by atoms with Crippen LogP contribution >= 0.6 is 0 Å². The molecule has 0 radical (unpaired) electrons. The minimum Gasteiger partial charge on any atom is -0.382 e. The Morgan fingerprint density at radius 2 is 2.14 bits per heavy atom. The summed E-state index contributed by atoms with van der Waals surface area (Å²) in [6.45, 7) is 7.35. The van der Waals surface area contributed by atoms with Gasteiger partial charge in [-0.3, -0.25) is 4.68 Å². The van der Waals surface area contributed by atoms with E-state index in [1.165, 1.54) is 0 Å². The average Bonchev–Trinajstić information content (AvgIpc) is 2.42. The Kier molecular flexibility index (Phi) is 3.66. The van der Waals surface area contributed by atoms with Gasteiger partial charge in [-0.25, -0.2) is 0 Å². The molecule has 0 aliphatic rings.